The number of hydrogen-bond acceptors (Lipinski definition) is 4. The Morgan fingerprint density at radius 3 is 2.95 bits per heavy atom. The Kier molecular flexibility index (Phi) is 2.17. The molecule has 3 aromatic rings. The standard InChI is InChI=1S/C14H12N4O/c1-2-5-10-9(4-1)8-12(16-10)14-17-13(18-19-14)11-6-3-7-15-11/h1-7,12,15-16H,8H2. The van der Waals surface area contributed by atoms with Crippen LogP contribution in [-0.4, -0.2) is 15.1 Å². The van der Waals surface area contributed by atoms with E-state index in [0.29, 0.717) is 11.7 Å². The number of hydrogen-bond donors (Lipinski definition) is 2. The van der Waals surface area contributed by atoms with E-state index in [4.69, 9.17) is 4.52 Å². The third-order valence-electron chi connectivity index (χ3n) is 3.35. The monoisotopic (exact) mass is 252 g/mol. The number of para-hydroxylation sites is 1. The largest absolute Gasteiger partial charge is 0.373 e. The van der Waals surface area contributed by atoms with Gasteiger partial charge in [0.05, 0.1) is 5.69 Å². The fourth-order valence-electron chi connectivity index (χ4n) is 2.40. The van der Waals surface area contributed by atoms with E-state index in [-0.39, 0.29) is 6.04 Å². The Bertz CT molecular complexity index is 677. The van der Waals surface area contributed by atoms with Gasteiger partial charge < -0.3 is 14.8 Å². The summed E-state index contributed by atoms with van der Waals surface area (Å²) in [6.07, 6.45) is 2.72. The van der Waals surface area contributed by atoms with Crippen molar-refractivity contribution >= 4 is 5.69 Å². The van der Waals surface area contributed by atoms with E-state index < -0.39 is 0 Å². The number of nitrogens with zero attached hydrogens (tertiary/aromatic N) is 2. The van der Waals surface area contributed by atoms with Crippen LogP contribution in [0.15, 0.2) is 47.1 Å². The number of aromatic nitrogens is 3. The Morgan fingerprint density at radius 1 is 1.16 bits per heavy atom. The van der Waals surface area contributed by atoms with Crippen molar-refractivity contribution < 1.29 is 4.52 Å². The van der Waals surface area contributed by atoms with Crippen LogP contribution < -0.4 is 5.32 Å². The summed E-state index contributed by atoms with van der Waals surface area (Å²) >= 11 is 0. The van der Waals surface area contributed by atoms with Crippen molar-refractivity contribution in [2.24, 2.45) is 0 Å². The molecule has 1 aromatic carbocycles. The van der Waals surface area contributed by atoms with Crippen LogP contribution in [0.2, 0.25) is 0 Å². The van der Waals surface area contributed by atoms with Crippen LogP contribution in [0.25, 0.3) is 11.5 Å². The number of benzene rings is 1. The van der Waals surface area contributed by atoms with Crippen molar-refractivity contribution in [1.29, 1.82) is 0 Å². The molecule has 0 fully saturated rings. The molecule has 2 aromatic heterocycles. The molecule has 1 unspecified atom stereocenters. The molecular weight excluding hydrogens is 240 g/mol. The minimum absolute atomic E-state index is 0.0635. The van der Waals surface area contributed by atoms with Crippen molar-refractivity contribution in [3.05, 3.63) is 54.0 Å². The third kappa shape index (κ3) is 1.71. The molecule has 0 aliphatic carbocycles. The van der Waals surface area contributed by atoms with Crippen molar-refractivity contribution in [1.82, 2.24) is 15.1 Å². The first kappa shape index (κ1) is 10.4. The summed E-state index contributed by atoms with van der Waals surface area (Å²) < 4.78 is 5.36. The number of H-pyrrole nitrogens is 1. The molecule has 1 aliphatic rings. The van der Waals surface area contributed by atoms with Gasteiger partial charge >= 0.3 is 0 Å². The molecule has 3 heterocycles. The predicted molar refractivity (Wildman–Crippen MR) is 70.6 cm³/mol. The van der Waals surface area contributed by atoms with Gasteiger partial charge in [0.25, 0.3) is 0 Å². The average Bonchev–Trinajstić information content (AvgIpc) is 3.17. The maximum Gasteiger partial charge on any atom is 0.249 e. The lowest BCUT2D eigenvalue weighted by Gasteiger charge is -2.04. The minimum Gasteiger partial charge on any atom is -0.373 e. The van der Waals surface area contributed by atoms with Crippen LogP contribution in [0.5, 0.6) is 0 Å². The van der Waals surface area contributed by atoms with Crippen LogP contribution in [0.1, 0.15) is 17.5 Å². The zero-order valence-electron chi connectivity index (χ0n) is 10.1. The molecule has 4 rings (SSSR count). The fraction of sp³-hybridized carbons (Fsp3) is 0.143. The number of aromatic amines is 1. The van der Waals surface area contributed by atoms with Gasteiger partial charge in [0.15, 0.2) is 0 Å². The molecule has 0 spiro atoms. The van der Waals surface area contributed by atoms with Crippen molar-refractivity contribution in [2.75, 3.05) is 5.32 Å². The summed E-state index contributed by atoms with van der Waals surface area (Å²) in [5.74, 6) is 1.22. The number of nitrogens with one attached hydrogen (secondary N) is 2. The van der Waals surface area contributed by atoms with Gasteiger partial charge in [-0.1, -0.05) is 23.4 Å². The predicted octanol–water partition coefficient (Wildman–Crippen LogP) is 2.77. The van der Waals surface area contributed by atoms with Gasteiger partial charge in [-0.2, -0.15) is 4.98 Å². The van der Waals surface area contributed by atoms with Crippen LogP contribution in [0.3, 0.4) is 0 Å². The van der Waals surface area contributed by atoms with E-state index in [1.165, 1.54) is 5.56 Å². The maximum atomic E-state index is 5.36. The van der Waals surface area contributed by atoms with E-state index in [1.807, 2.05) is 30.5 Å². The number of fused-ring (bicyclic) bond motifs is 1. The zero-order chi connectivity index (χ0) is 12.7. The summed E-state index contributed by atoms with van der Waals surface area (Å²) in [6, 6.07) is 12.1. The molecule has 5 nitrogen and oxygen atoms in total. The highest BCUT2D eigenvalue weighted by atomic mass is 16.5. The van der Waals surface area contributed by atoms with E-state index in [0.717, 1.165) is 17.8 Å². The maximum absolute atomic E-state index is 5.36. The number of rotatable bonds is 2. The van der Waals surface area contributed by atoms with Crippen molar-refractivity contribution in [3.63, 3.8) is 0 Å². The highest BCUT2D eigenvalue weighted by molar-refractivity contribution is 5.57. The Hall–Kier alpha value is -2.56. The Balaban J connectivity index is 1.62. The smallest absolute Gasteiger partial charge is 0.249 e. The van der Waals surface area contributed by atoms with Gasteiger partial charge in [0.2, 0.25) is 11.7 Å². The molecule has 0 amide bonds. The van der Waals surface area contributed by atoms with Crippen LogP contribution in [0, 0.1) is 0 Å². The second-order valence-corrected chi connectivity index (χ2v) is 4.60. The molecule has 5 heteroatoms. The first-order valence-electron chi connectivity index (χ1n) is 6.22. The lowest BCUT2D eigenvalue weighted by Crippen LogP contribution is -2.05. The molecule has 94 valence electrons. The topological polar surface area (TPSA) is 66.7 Å². The molecule has 2 N–H and O–H groups in total. The molecule has 1 aliphatic heterocycles. The average molecular weight is 252 g/mol. The van der Waals surface area contributed by atoms with Gasteiger partial charge in [-0.05, 0) is 23.8 Å². The lowest BCUT2D eigenvalue weighted by molar-refractivity contribution is 0.364. The highest BCUT2D eigenvalue weighted by Crippen LogP contribution is 2.33. The van der Waals surface area contributed by atoms with E-state index in [9.17, 15) is 0 Å². The first-order valence-corrected chi connectivity index (χ1v) is 6.22. The molecular formula is C14H12N4O. The summed E-state index contributed by atoms with van der Waals surface area (Å²) in [6.45, 7) is 0. The molecule has 1 atom stereocenters. The Labute approximate surface area is 109 Å². The van der Waals surface area contributed by atoms with Gasteiger partial charge in [-0.25, -0.2) is 0 Å². The second kappa shape index (κ2) is 3.98. The van der Waals surface area contributed by atoms with Crippen molar-refractivity contribution in [3.8, 4) is 11.5 Å². The molecule has 0 saturated heterocycles. The Morgan fingerprint density at radius 2 is 2.11 bits per heavy atom. The molecule has 0 saturated carbocycles. The molecule has 0 radical (unpaired) electrons. The zero-order valence-corrected chi connectivity index (χ0v) is 10.1. The minimum atomic E-state index is 0.0635. The van der Waals surface area contributed by atoms with Gasteiger partial charge in [-0.15, -0.1) is 0 Å². The summed E-state index contributed by atoms with van der Waals surface area (Å²) in [5, 5.41) is 7.41. The van der Waals surface area contributed by atoms with E-state index in [1.54, 1.807) is 0 Å². The van der Waals surface area contributed by atoms with Gasteiger partial charge in [0.1, 0.15) is 6.04 Å². The fourth-order valence-corrected chi connectivity index (χ4v) is 2.40. The van der Waals surface area contributed by atoms with Gasteiger partial charge in [0, 0.05) is 18.3 Å². The van der Waals surface area contributed by atoms with E-state index in [2.05, 4.69) is 32.6 Å². The summed E-state index contributed by atoms with van der Waals surface area (Å²) in [4.78, 5) is 7.52. The summed E-state index contributed by atoms with van der Waals surface area (Å²) in [7, 11) is 0. The quantitative estimate of drug-likeness (QED) is 0.736. The first-order chi connectivity index (χ1) is 9.40. The van der Waals surface area contributed by atoms with Gasteiger partial charge in [-0.3, -0.25) is 0 Å². The summed E-state index contributed by atoms with van der Waals surface area (Å²) in [5.41, 5.74) is 3.30. The lowest BCUT2D eigenvalue weighted by atomic mass is 10.1. The third-order valence-corrected chi connectivity index (χ3v) is 3.35. The van der Waals surface area contributed by atoms with Crippen LogP contribution in [0.4, 0.5) is 5.69 Å². The normalized spacial score (nSPS) is 17.2. The second-order valence-electron chi connectivity index (χ2n) is 4.60. The number of anilines is 1. The van der Waals surface area contributed by atoms with Crippen molar-refractivity contribution in [2.45, 2.75) is 12.5 Å². The van der Waals surface area contributed by atoms with E-state index >= 15 is 0 Å². The molecule has 19 heavy (non-hydrogen) atoms. The van der Waals surface area contributed by atoms with Crippen LogP contribution >= 0.6 is 0 Å². The van der Waals surface area contributed by atoms with Crippen LogP contribution in [-0.2, 0) is 6.42 Å². The SMILES string of the molecule is c1c[nH]c(-c2noc(C3Cc4ccccc4N3)n2)c1. The highest BCUT2D eigenvalue weighted by Gasteiger charge is 2.26. The molecule has 0 bridgehead atoms.